The molecule has 0 spiro atoms. The minimum absolute atomic E-state index is 0.0102. The third-order valence-corrected chi connectivity index (χ3v) is 6.02. The van der Waals surface area contributed by atoms with Crippen LogP contribution in [0.25, 0.3) is 0 Å². The number of carbonyl (C=O) groups is 2. The quantitative estimate of drug-likeness (QED) is 0.843. The third kappa shape index (κ3) is 4.04. The van der Waals surface area contributed by atoms with Crippen LogP contribution in [-0.2, 0) is 26.0 Å². The standard InChI is InChI=1S/C16H18FN3O4S/c17-13-4-2-1-3-11(13)9-18-16(22)14-5-6-15(21)20(19-14)12-7-8-25(23,24)10-12/h1-4,12H,5-10H2,(H,18,22)/t12-/m0/s1. The maximum absolute atomic E-state index is 13.6. The van der Waals surface area contributed by atoms with E-state index in [0.29, 0.717) is 12.0 Å². The van der Waals surface area contributed by atoms with E-state index in [2.05, 4.69) is 10.4 Å². The van der Waals surface area contributed by atoms with Crippen LogP contribution in [0.15, 0.2) is 29.4 Å². The molecule has 3 rings (SSSR count). The van der Waals surface area contributed by atoms with Crippen molar-refractivity contribution >= 4 is 27.4 Å². The summed E-state index contributed by atoms with van der Waals surface area (Å²) in [6.07, 6.45) is 0.599. The summed E-state index contributed by atoms with van der Waals surface area (Å²) in [5, 5.41) is 7.79. The first-order valence-corrected chi connectivity index (χ1v) is 9.79. The molecular formula is C16H18FN3O4S. The monoisotopic (exact) mass is 367 g/mol. The van der Waals surface area contributed by atoms with Gasteiger partial charge in [-0.3, -0.25) is 9.59 Å². The molecule has 1 aromatic carbocycles. The summed E-state index contributed by atoms with van der Waals surface area (Å²) in [7, 11) is -3.16. The molecule has 2 aliphatic rings. The van der Waals surface area contributed by atoms with Gasteiger partial charge in [-0.15, -0.1) is 0 Å². The molecule has 2 aliphatic heterocycles. The second-order valence-corrected chi connectivity index (χ2v) is 8.34. The molecule has 134 valence electrons. The highest BCUT2D eigenvalue weighted by Gasteiger charge is 2.37. The van der Waals surface area contributed by atoms with Crippen molar-refractivity contribution in [1.29, 1.82) is 0 Å². The van der Waals surface area contributed by atoms with Gasteiger partial charge in [0.05, 0.1) is 17.5 Å². The highest BCUT2D eigenvalue weighted by atomic mass is 32.2. The number of nitrogens with zero attached hydrogens (tertiary/aromatic N) is 2. The number of nitrogens with one attached hydrogen (secondary N) is 1. The predicted octanol–water partition coefficient (Wildman–Crippen LogP) is 0.607. The van der Waals surface area contributed by atoms with Crippen LogP contribution in [0.2, 0.25) is 0 Å². The molecule has 0 unspecified atom stereocenters. The number of sulfone groups is 1. The summed E-state index contributed by atoms with van der Waals surface area (Å²) < 4.78 is 36.8. The van der Waals surface area contributed by atoms with Gasteiger partial charge < -0.3 is 5.32 Å². The summed E-state index contributed by atoms with van der Waals surface area (Å²) in [5.41, 5.74) is 0.502. The van der Waals surface area contributed by atoms with Gasteiger partial charge in [-0.25, -0.2) is 17.8 Å². The van der Waals surface area contributed by atoms with Crippen molar-refractivity contribution in [3.8, 4) is 0 Å². The molecule has 2 heterocycles. The third-order valence-electron chi connectivity index (χ3n) is 4.27. The molecular weight excluding hydrogens is 349 g/mol. The highest BCUT2D eigenvalue weighted by molar-refractivity contribution is 7.91. The molecule has 1 N–H and O–H groups in total. The summed E-state index contributed by atoms with van der Waals surface area (Å²) in [4.78, 5) is 24.3. The van der Waals surface area contributed by atoms with Gasteiger partial charge >= 0.3 is 0 Å². The van der Waals surface area contributed by atoms with Crippen molar-refractivity contribution in [2.75, 3.05) is 11.5 Å². The predicted molar refractivity (Wildman–Crippen MR) is 88.8 cm³/mol. The molecule has 0 aliphatic carbocycles. The number of rotatable bonds is 4. The van der Waals surface area contributed by atoms with Crippen LogP contribution in [0.5, 0.6) is 0 Å². The Kier molecular flexibility index (Phi) is 4.85. The van der Waals surface area contributed by atoms with Gasteiger partial charge in [0.25, 0.3) is 5.91 Å². The van der Waals surface area contributed by atoms with E-state index in [4.69, 9.17) is 0 Å². The number of hydrogen-bond acceptors (Lipinski definition) is 5. The Labute approximate surface area is 144 Å². The Morgan fingerprint density at radius 2 is 2.08 bits per heavy atom. The van der Waals surface area contributed by atoms with E-state index >= 15 is 0 Å². The van der Waals surface area contributed by atoms with Gasteiger partial charge in [0.1, 0.15) is 11.5 Å². The minimum atomic E-state index is -3.16. The van der Waals surface area contributed by atoms with Crippen molar-refractivity contribution in [2.45, 2.75) is 31.8 Å². The van der Waals surface area contributed by atoms with Crippen LogP contribution in [0.4, 0.5) is 4.39 Å². The molecule has 0 bridgehead atoms. The topological polar surface area (TPSA) is 95.9 Å². The number of carbonyl (C=O) groups excluding carboxylic acids is 2. The summed E-state index contributed by atoms with van der Waals surface area (Å²) in [6.45, 7) is 0.0102. The van der Waals surface area contributed by atoms with E-state index in [1.54, 1.807) is 18.2 Å². The smallest absolute Gasteiger partial charge is 0.267 e. The van der Waals surface area contributed by atoms with Crippen molar-refractivity contribution < 1.29 is 22.4 Å². The van der Waals surface area contributed by atoms with Crippen molar-refractivity contribution in [3.63, 3.8) is 0 Å². The Hall–Kier alpha value is -2.29. The lowest BCUT2D eigenvalue weighted by molar-refractivity contribution is -0.133. The Balaban J connectivity index is 1.68. The van der Waals surface area contributed by atoms with E-state index in [-0.39, 0.29) is 42.5 Å². The number of halogens is 1. The second kappa shape index (κ2) is 6.91. The molecule has 1 aromatic rings. The second-order valence-electron chi connectivity index (χ2n) is 6.12. The van der Waals surface area contributed by atoms with Crippen LogP contribution >= 0.6 is 0 Å². The fourth-order valence-electron chi connectivity index (χ4n) is 2.91. The Morgan fingerprint density at radius 3 is 2.76 bits per heavy atom. The summed E-state index contributed by atoms with van der Waals surface area (Å²) >= 11 is 0. The zero-order valence-corrected chi connectivity index (χ0v) is 14.3. The average molecular weight is 367 g/mol. The maximum Gasteiger partial charge on any atom is 0.267 e. The molecule has 0 saturated carbocycles. The first-order chi connectivity index (χ1) is 11.9. The number of hydrazone groups is 1. The summed E-state index contributed by atoms with van der Waals surface area (Å²) in [6, 6.07) is 5.58. The van der Waals surface area contributed by atoms with E-state index < -0.39 is 27.6 Å². The molecule has 7 nitrogen and oxygen atoms in total. The van der Waals surface area contributed by atoms with Crippen LogP contribution in [-0.4, -0.2) is 48.5 Å². The molecule has 2 amide bonds. The fourth-order valence-corrected chi connectivity index (χ4v) is 4.60. The molecule has 1 atom stereocenters. The van der Waals surface area contributed by atoms with Crippen LogP contribution in [0, 0.1) is 5.82 Å². The first kappa shape index (κ1) is 17.5. The molecule has 9 heteroatoms. The van der Waals surface area contributed by atoms with Crippen molar-refractivity contribution in [3.05, 3.63) is 35.6 Å². The molecule has 0 radical (unpaired) electrons. The highest BCUT2D eigenvalue weighted by Crippen LogP contribution is 2.22. The van der Waals surface area contributed by atoms with Gasteiger partial charge in [0.2, 0.25) is 5.91 Å². The largest absolute Gasteiger partial charge is 0.347 e. The number of hydrogen-bond donors (Lipinski definition) is 1. The fraction of sp³-hybridized carbons (Fsp3) is 0.438. The molecule has 1 fully saturated rings. The lowest BCUT2D eigenvalue weighted by atomic mass is 10.1. The van der Waals surface area contributed by atoms with Crippen molar-refractivity contribution in [1.82, 2.24) is 10.3 Å². The van der Waals surface area contributed by atoms with Crippen molar-refractivity contribution in [2.24, 2.45) is 5.10 Å². The van der Waals surface area contributed by atoms with Gasteiger partial charge in [0, 0.05) is 24.9 Å². The normalized spacial score (nSPS) is 22.6. The average Bonchev–Trinajstić information content (AvgIpc) is 2.94. The van der Waals surface area contributed by atoms with Gasteiger partial charge in [-0.1, -0.05) is 18.2 Å². The zero-order valence-electron chi connectivity index (χ0n) is 13.4. The zero-order chi connectivity index (χ0) is 18.0. The van der Waals surface area contributed by atoms with Crippen LogP contribution in [0.1, 0.15) is 24.8 Å². The lowest BCUT2D eigenvalue weighted by Crippen LogP contribution is -2.43. The van der Waals surface area contributed by atoms with Gasteiger partial charge in [-0.2, -0.15) is 5.10 Å². The van der Waals surface area contributed by atoms with E-state index in [1.807, 2.05) is 0 Å². The van der Waals surface area contributed by atoms with Crippen LogP contribution in [0.3, 0.4) is 0 Å². The molecule has 1 saturated heterocycles. The lowest BCUT2D eigenvalue weighted by Gasteiger charge is -2.27. The molecule has 25 heavy (non-hydrogen) atoms. The van der Waals surface area contributed by atoms with Gasteiger partial charge in [0.15, 0.2) is 9.84 Å². The Morgan fingerprint density at radius 1 is 1.32 bits per heavy atom. The van der Waals surface area contributed by atoms with E-state index in [0.717, 1.165) is 5.01 Å². The number of benzene rings is 1. The molecule has 0 aromatic heterocycles. The van der Waals surface area contributed by atoms with E-state index in [1.165, 1.54) is 6.07 Å². The maximum atomic E-state index is 13.6. The SMILES string of the molecule is O=C(NCc1ccccc1F)C1=NN([C@H]2CCS(=O)(=O)C2)C(=O)CC1. The van der Waals surface area contributed by atoms with E-state index in [9.17, 15) is 22.4 Å². The minimum Gasteiger partial charge on any atom is -0.347 e. The van der Waals surface area contributed by atoms with Crippen LogP contribution < -0.4 is 5.32 Å². The number of amides is 2. The first-order valence-electron chi connectivity index (χ1n) is 7.97. The Bertz CT molecular complexity index is 838. The summed E-state index contributed by atoms with van der Waals surface area (Å²) in [5.74, 6) is -1.30. The van der Waals surface area contributed by atoms with Gasteiger partial charge in [-0.05, 0) is 12.5 Å².